The SMILES string of the molecule is c1csc(-c2cc(-c3ccc(-c4cccc5c(-c6ccc(-c7cc(-c8cccs8)nc(-c8cccs8)n7)cc6)cccc45)cc3)nc(-c3cccs3)n2)c1. The van der Waals surface area contributed by atoms with Crippen molar-refractivity contribution in [3.63, 3.8) is 0 Å². The van der Waals surface area contributed by atoms with Crippen molar-refractivity contribution in [1.82, 2.24) is 19.9 Å². The molecular weight excluding hydrogens is 737 g/mol. The lowest BCUT2D eigenvalue weighted by Gasteiger charge is -2.13. The first-order valence-corrected chi connectivity index (χ1v) is 20.9. The molecule has 0 unspecified atom stereocenters. The fourth-order valence-electron chi connectivity index (χ4n) is 6.78. The normalized spacial score (nSPS) is 11.3. The Kier molecular flexibility index (Phi) is 8.58. The first-order chi connectivity index (χ1) is 26.7. The quantitative estimate of drug-likeness (QED) is 0.155. The molecule has 0 bridgehead atoms. The molecule has 0 fully saturated rings. The van der Waals surface area contributed by atoms with E-state index in [0.29, 0.717) is 0 Å². The molecule has 0 spiro atoms. The van der Waals surface area contributed by atoms with Crippen molar-refractivity contribution >= 4 is 56.1 Å². The molecule has 54 heavy (non-hydrogen) atoms. The van der Waals surface area contributed by atoms with Crippen LogP contribution in [0.2, 0.25) is 0 Å². The van der Waals surface area contributed by atoms with Gasteiger partial charge in [-0.05, 0) is 90.9 Å². The summed E-state index contributed by atoms with van der Waals surface area (Å²) in [4.78, 5) is 24.3. The lowest BCUT2D eigenvalue weighted by molar-refractivity contribution is 1.20. The Morgan fingerprint density at radius 3 is 1.02 bits per heavy atom. The van der Waals surface area contributed by atoms with E-state index in [1.807, 2.05) is 12.1 Å². The number of rotatable bonds is 8. The Morgan fingerprint density at radius 2 is 0.648 bits per heavy atom. The largest absolute Gasteiger partial charge is 0.227 e. The summed E-state index contributed by atoms with van der Waals surface area (Å²) in [7, 11) is 0. The minimum atomic E-state index is 0.757. The van der Waals surface area contributed by atoms with Gasteiger partial charge in [0.2, 0.25) is 0 Å². The maximum absolute atomic E-state index is 5.01. The summed E-state index contributed by atoms with van der Waals surface area (Å²) in [5.74, 6) is 1.51. The number of fused-ring (bicyclic) bond motifs is 1. The Labute approximate surface area is 328 Å². The van der Waals surface area contributed by atoms with Crippen LogP contribution in [0.1, 0.15) is 0 Å². The van der Waals surface area contributed by atoms with Crippen LogP contribution in [0, 0.1) is 0 Å². The van der Waals surface area contributed by atoms with E-state index in [1.165, 1.54) is 21.9 Å². The van der Waals surface area contributed by atoms with Crippen LogP contribution in [0.15, 0.2) is 167 Å². The molecule has 0 amide bonds. The highest BCUT2D eigenvalue weighted by Gasteiger charge is 2.15. The van der Waals surface area contributed by atoms with Crippen LogP contribution in [0.3, 0.4) is 0 Å². The molecule has 0 radical (unpaired) electrons. The van der Waals surface area contributed by atoms with Gasteiger partial charge in [0.15, 0.2) is 11.6 Å². The van der Waals surface area contributed by atoms with Gasteiger partial charge in [-0.2, -0.15) is 0 Å². The second kappa shape index (κ2) is 14.2. The smallest absolute Gasteiger partial charge is 0.170 e. The summed E-state index contributed by atoms with van der Waals surface area (Å²) in [5, 5.41) is 10.7. The number of nitrogens with zero attached hydrogens (tertiary/aromatic N) is 4. The number of benzene rings is 4. The van der Waals surface area contributed by atoms with Crippen molar-refractivity contribution in [2.45, 2.75) is 0 Å². The average molecular weight is 765 g/mol. The van der Waals surface area contributed by atoms with Crippen molar-refractivity contribution in [1.29, 1.82) is 0 Å². The van der Waals surface area contributed by atoms with E-state index >= 15 is 0 Å². The van der Waals surface area contributed by atoms with Crippen LogP contribution in [0.25, 0.3) is 98.1 Å². The van der Waals surface area contributed by atoms with Gasteiger partial charge in [0.1, 0.15) is 0 Å². The first-order valence-electron chi connectivity index (χ1n) is 17.4. The van der Waals surface area contributed by atoms with E-state index in [1.54, 1.807) is 45.3 Å². The van der Waals surface area contributed by atoms with Crippen LogP contribution in [0.5, 0.6) is 0 Å². The first kappa shape index (κ1) is 32.7. The van der Waals surface area contributed by atoms with Gasteiger partial charge in [-0.3, -0.25) is 0 Å². The molecule has 0 aliphatic rings. The Balaban J connectivity index is 0.981. The monoisotopic (exact) mass is 764 g/mol. The number of thiophene rings is 4. The van der Waals surface area contributed by atoms with E-state index in [9.17, 15) is 0 Å². The predicted octanol–water partition coefficient (Wildman–Crippen LogP) is 14.0. The van der Waals surface area contributed by atoms with Crippen molar-refractivity contribution in [2.24, 2.45) is 0 Å². The third kappa shape index (κ3) is 6.29. The predicted molar refractivity (Wildman–Crippen MR) is 230 cm³/mol. The molecule has 4 nitrogen and oxygen atoms in total. The van der Waals surface area contributed by atoms with E-state index in [0.717, 1.165) is 76.2 Å². The second-order valence-corrected chi connectivity index (χ2v) is 16.5. The zero-order chi connectivity index (χ0) is 35.8. The van der Waals surface area contributed by atoms with E-state index in [-0.39, 0.29) is 0 Å². The fraction of sp³-hybridized carbons (Fsp3) is 0. The minimum Gasteiger partial charge on any atom is -0.227 e. The number of hydrogen-bond donors (Lipinski definition) is 0. The third-order valence-corrected chi connectivity index (χ3v) is 12.9. The number of aromatic nitrogens is 4. The maximum atomic E-state index is 5.01. The standard InChI is InChI=1S/C46H28N4S4/c1-7-33(29-15-19-31(20-16-29)37-27-39(41-11-3-23-51-41)49-45(47-37)43-13-5-25-53-43)36-10-2-8-34(35(36)9-1)30-17-21-32(22-18-30)38-28-40(42-12-4-24-52-42)50-46(48-38)44-14-6-26-54-44/h1-28H. The zero-order valence-electron chi connectivity index (χ0n) is 28.6. The van der Waals surface area contributed by atoms with E-state index in [2.05, 4.69) is 155 Å². The van der Waals surface area contributed by atoms with Crippen LogP contribution >= 0.6 is 45.3 Å². The molecule has 0 saturated carbocycles. The summed E-state index contributed by atoms with van der Waals surface area (Å²) < 4.78 is 0. The molecule has 0 aliphatic carbocycles. The van der Waals surface area contributed by atoms with Crippen molar-refractivity contribution < 1.29 is 0 Å². The molecule has 4 aromatic carbocycles. The molecule has 10 aromatic rings. The van der Waals surface area contributed by atoms with Crippen LogP contribution in [-0.4, -0.2) is 19.9 Å². The van der Waals surface area contributed by atoms with E-state index in [4.69, 9.17) is 19.9 Å². The second-order valence-electron chi connectivity index (χ2n) is 12.7. The van der Waals surface area contributed by atoms with Gasteiger partial charge in [-0.1, -0.05) is 109 Å². The van der Waals surface area contributed by atoms with Crippen molar-refractivity contribution in [3.05, 3.63) is 167 Å². The topological polar surface area (TPSA) is 51.6 Å². The van der Waals surface area contributed by atoms with E-state index < -0.39 is 0 Å². The Bertz CT molecular complexity index is 2540. The van der Waals surface area contributed by atoms with Crippen LogP contribution in [0.4, 0.5) is 0 Å². The molecule has 0 aliphatic heterocycles. The number of hydrogen-bond acceptors (Lipinski definition) is 8. The molecule has 6 aromatic heterocycles. The lowest BCUT2D eigenvalue weighted by atomic mass is 9.92. The molecule has 0 N–H and O–H groups in total. The summed E-state index contributed by atoms with van der Waals surface area (Å²) in [6, 6.07) is 51.5. The summed E-state index contributed by atoms with van der Waals surface area (Å²) in [6.07, 6.45) is 0. The third-order valence-electron chi connectivity index (χ3n) is 9.39. The van der Waals surface area contributed by atoms with Crippen molar-refractivity contribution in [2.75, 3.05) is 0 Å². The fourth-order valence-corrected chi connectivity index (χ4v) is 9.47. The van der Waals surface area contributed by atoms with Gasteiger partial charge in [-0.25, -0.2) is 19.9 Å². The van der Waals surface area contributed by atoms with Gasteiger partial charge >= 0.3 is 0 Å². The summed E-state index contributed by atoms with van der Waals surface area (Å²) in [5.41, 5.74) is 10.6. The van der Waals surface area contributed by atoms with Gasteiger partial charge in [0.05, 0.1) is 42.3 Å². The molecule has 6 heterocycles. The highest BCUT2D eigenvalue weighted by atomic mass is 32.1. The Morgan fingerprint density at radius 1 is 0.296 bits per heavy atom. The molecule has 256 valence electrons. The summed E-state index contributed by atoms with van der Waals surface area (Å²) >= 11 is 6.71. The molecule has 0 saturated heterocycles. The van der Waals surface area contributed by atoms with Gasteiger partial charge < -0.3 is 0 Å². The molecule has 10 rings (SSSR count). The molecule has 0 atom stereocenters. The molecule has 8 heteroatoms. The summed E-state index contributed by atoms with van der Waals surface area (Å²) in [6.45, 7) is 0. The lowest BCUT2D eigenvalue weighted by Crippen LogP contribution is -1.94. The minimum absolute atomic E-state index is 0.757. The van der Waals surface area contributed by atoms with Crippen LogP contribution in [-0.2, 0) is 0 Å². The zero-order valence-corrected chi connectivity index (χ0v) is 31.9. The highest BCUT2D eigenvalue weighted by molar-refractivity contribution is 7.14. The van der Waals surface area contributed by atoms with Gasteiger partial charge in [0.25, 0.3) is 0 Å². The Hall–Kier alpha value is -5.90. The maximum Gasteiger partial charge on any atom is 0.170 e. The van der Waals surface area contributed by atoms with Gasteiger partial charge in [0, 0.05) is 11.1 Å². The molecular formula is C46H28N4S4. The highest BCUT2D eigenvalue weighted by Crippen LogP contribution is 2.38. The van der Waals surface area contributed by atoms with Crippen molar-refractivity contribution in [3.8, 4) is 87.3 Å². The van der Waals surface area contributed by atoms with Crippen LogP contribution < -0.4 is 0 Å². The van der Waals surface area contributed by atoms with Gasteiger partial charge in [-0.15, -0.1) is 45.3 Å². The average Bonchev–Trinajstić information content (AvgIpc) is 4.09.